The number of nitrogens with one attached hydrogen (secondary N) is 2. The van der Waals surface area contributed by atoms with Gasteiger partial charge in [-0.05, 0) is 26.3 Å². The molecule has 0 saturated carbocycles. The summed E-state index contributed by atoms with van der Waals surface area (Å²) in [6.07, 6.45) is 0.896. The molecule has 0 aliphatic heterocycles. The van der Waals surface area contributed by atoms with Crippen molar-refractivity contribution in [3.63, 3.8) is 0 Å². The number of carbonyl (C=O) groups is 2. The third-order valence-corrected chi connectivity index (χ3v) is 3.27. The Kier molecular flexibility index (Phi) is 4.98. The fraction of sp³-hybridized carbons (Fsp3) is 0.375. The zero-order valence-electron chi connectivity index (χ0n) is 12.4. The van der Waals surface area contributed by atoms with Crippen molar-refractivity contribution >= 4 is 22.8 Å². The summed E-state index contributed by atoms with van der Waals surface area (Å²) >= 11 is 0. The zero-order chi connectivity index (χ0) is 15.2. The molecule has 0 atom stereocenters. The topological polar surface area (TPSA) is 71.2 Å². The Bertz CT molecular complexity index is 646. The Morgan fingerprint density at radius 3 is 2.81 bits per heavy atom. The van der Waals surface area contributed by atoms with E-state index in [1.54, 1.807) is 6.92 Å². The second-order valence-electron chi connectivity index (χ2n) is 4.84. The van der Waals surface area contributed by atoms with Crippen molar-refractivity contribution < 1.29 is 14.3 Å². The molecule has 1 aromatic heterocycles. The van der Waals surface area contributed by atoms with E-state index in [-0.39, 0.29) is 11.9 Å². The van der Waals surface area contributed by atoms with Gasteiger partial charge in [-0.25, -0.2) is 0 Å². The van der Waals surface area contributed by atoms with E-state index in [0.717, 1.165) is 16.6 Å². The summed E-state index contributed by atoms with van der Waals surface area (Å²) in [6, 6.07) is 7.71. The molecule has 5 nitrogen and oxygen atoms in total. The normalized spacial score (nSPS) is 10.6. The minimum absolute atomic E-state index is 0.117. The number of benzene rings is 1. The molecule has 0 spiro atoms. The van der Waals surface area contributed by atoms with Gasteiger partial charge < -0.3 is 15.0 Å². The second-order valence-corrected chi connectivity index (χ2v) is 4.84. The zero-order valence-corrected chi connectivity index (χ0v) is 12.4. The number of esters is 1. The Morgan fingerprint density at radius 1 is 1.29 bits per heavy atom. The predicted molar refractivity (Wildman–Crippen MR) is 81.2 cm³/mol. The molecule has 0 fully saturated rings. The highest BCUT2D eigenvalue weighted by Gasteiger charge is 2.15. The number of fused-ring (bicyclic) bond motifs is 1. The summed E-state index contributed by atoms with van der Waals surface area (Å²) in [5.41, 5.74) is 2.47. The molecule has 1 heterocycles. The van der Waals surface area contributed by atoms with E-state index in [1.165, 1.54) is 0 Å². The molecule has 1 aromatic carbocycles. The Hall–Kier alpha value is -2.30. The standard InChI is InChI=1S/C16H20N2O3/c1-3-21-14(19)9-6-10-17-16(20)15-11(2)18-13-8-5-4-7-12(13)15/h4-5,7-8,18H,3,6,9-10H2,1-2H3,(H,17,20). The number of aromatic amines is 1. The SMILES string of the molecule is CCOC(=O)CCCNC(=O)c1c(C)[nH]c2ccccc12. The average molecular weight is 288 g/mol. The molecule has 5 heteroatoms. The van der Waals surface area contributed by atoms with E-state index < -0.39 is 0 Å². The van der Waals surface area contributed by atoms with Crippen molar-refractivity contribution in [1.29, 1.82) is 0 Å². The molecule has 2 rings (SSSR count). The fourth-order valence-electron chi connectivity index (χ4n) is 2.33. The van der Waals surface area contributed by atoms with Crippen molar-refractivity contribution in [2.45, 2.75) is 26.7 Å². The molecule has 2 N–H and O–H groups in total. The van der Waals surface area contributed by atoms with Gasteiger partial charge in [-0.15, -0.1) is 0 Å². The minimum Gasteiger partial charge on any atom is -0.466 e. The third kappa shape index (κ3) is 3.62. The Morgan fingerprint density at radius 2 is 2.05 bits per heavy atom. The van der Waals surface area contributed by atoms with E-state index in [2.05, 4.69) is 10.3 Å². The average Bonchev–Trinajstić information content (AvgIpc) is 2.79. The number of aryl methyl sites for hydroxylation is 1. The number of amides is 1. The van der Waals surface area contributed by atoms with Crippen molar-refractivity contribution in [2.24, 2.45) is 0 Å². The molecule has 0 radical (unpaired) electrons. The molecule has 0 saturated heterocycles. The summed E-state index contributed by atoms with van der Waals surface area (Å²) in [4.78, 5) is 26.7. The lowest BCUT2D eigenvalue weighted by Gasteiger charge is -2.05. The molecule has 0 aliphatic rings. The first-order valence-electron chi connectivity index (χ1n) is 7.14. The third-order valence-electron chi connectivity index (χ3n) is 3.27. The highest BCUT2D eigenvalue weighted by molar-refractivity contribution is 6.08. The van der Waals surface area contributed by atoms with E-state index in [9.17, 15) is 9.59 Å². The maximum Gasteiger partial charge on any atom is 0.305 e. The van der Waals surface area contributed by atoms with E-state index in [0.29, 0.717) is 31.6 Å². The van der Waals surface area contributed by atoms with Crippen LogP contribution in [0.1, 0.15) is 35.8 Å². The highest BCUT2D eigenvalue weighted by Crippen LogP contribution is 2.21. The lowest BCUT2D eigenvalue weighted by atomic mass is 10.1. The quantitative estimate of drug-likeness (QED) is 0.634. The van der Waals surface area contributed by atoms with Gasteiger partial charge in [0.2, 0.25) is 0 Å². The lowest BCUT2D eigenvalue weighted by Crippen LogP contribution is -2.25. The number of aromatic nitrogens is 1. The summed E-state index contributed by atoms with van der Waals surface area (Å²) in [5.74, 6) is -0.344. The van der Waals surface area contributed by atoms with Crippen LogP contribution < -0.4 is 5.32 Å². The summed E-state index contributed by atoms with van der Waals surface area (Å²) in [5, 5.41) is 3.76. The van der Waals surface area contributed by atoms with Gasteiger partial charge in [0.05, 0.1) is 12.2 Å². The van der Waals surface area contributed by atoms with Crippen molar-refractivity contribution in [3.8, 4) is 0 Å². The largest absolute Gasteiger partial charge is 0.466 e. The minimum atomic E-state index is -0.227. The van der Waals surface area contributed by atoms with Crippen LogP contribution >= 0.6 is 0 Å². The number of hydrogen-bond donors (Lipinski definition) is 2. The first-order valence-corrected chi connectivity index (χ1v) is 7.14. The van der Waals surface area contributed by atoms with Crippen LogP contribution in [-0.4, -0.2) is 30.0 Å². The van der Waals surface area contributed by atoms with Crippen LogP contribution in [0.3, 0.4) is 0 Å². The molecule has 112 valence electrons. The first-order chi connectivity index (χ1) is 10.1. The Balaban J connectivity index is 1.94. The van der Waals surface area contributed by atoms with Crippen molar-refractivity contribution in [1.82, 2.24) is 10.3 Å². The molecular weight excluding hydrogens is 268 g/mol. The van der Waals surface area contributed by atoms with Crippen molar-refractivity contribution in [2.75, 3.05) is 13.2 Å². The van der Waals surface area contributed by atoms with E-state index in [4.69, 9.17) is 4.74 Å². The number of hydrogen-bond acceptors (Lipinski definition) is 3. The van der Waals surface area contributed by atoms with Crippen LogP contribution in [0.5, 0.6) is 0 Å². The van der Waals surface area contributed by atoms with Crippen LogP contribution in [0.2, 0.25) is 0 Å². The van der Waals surface area contributed by atoms with E-state index in [1.807, 2.05) is 31.2 Å². The monoisotopic (exact) mass is 288 g/mol. The number of carbonyl (C=O) groups excluding carboxylic acids is 2. The lowest BCUT2D eigenvalue weighted by molar-refractivity contribution is -0.143. The maximum atomic E-state index is 12.3. The van der Waals surface area contributed by atoms with Crippen LogP contribution in [0.4, 0.5) is 0 Å². The first kappa shape index (κ1) is 15.1. The smallest absolute Gasteiger partial charge is 0.305 e. The summed E-state index contributed by atoms with van der Waals surface area (Å²) in [6.45, 7) is 4.50. The van der Waals surface area contributed by atoms with Gasteiger partial charge >= 0.3 is 5.97 Å². The number of ether oxygens (including phenoxy) is 1. The van der Waals surface area contributed by atoms with Gasteiger partial charge in [0, 0.05) is 29.6 Å². The maximum absolute atomic E-state index is 12.3. The molecule has 0 aliphatic carbocycles. The molecule has 21 heavy (non-hydrogen) atoms. The molecule has 2 aromatic rings. The number of para-hydroxylation sites is 1. The summed E-state index contributed by atoms with van der Waals surface area (Å²) in [7, 11) is 0. The fourth-order valence-corrected chi connectivity index (χ4v) is 2.33. The van der Waals surface area contributed by atoms with Crippen LogP contribution in [-0.2, 0) is 9.53 Å². The van der Waals surface area contributed by atoms with Gasteiger partial charge in [-0.3, -0.25) is 9.59 Å². The second kappa shape index (κ2) is 6.92. The van der Waals surface area contributed by atoms with Gasteiger partial charge in [-0.2, -0.15) is 0 Å². The van der Waals surface area contributed by atoms with Crippen LogP contribution in [0.25, 0.3) is 10.9 Å². The number of rotatable bonds is 6. The highest BCUT2D eigenvalue weighted by atomic mass is 16.5. The molecule has 1 amide bonds. The van der Waals surface area contributed by atoms with Crippen LogP contribution in [0, 0.1) is 6.92 Å². The molecular formula is C16H20N2O3. The van der Waals surface area contributed by atoms with E-state index >= 15 is 0 Å². The molecule has 0 bridgehead atoms. The predicted octanol–water partition coefficient (Wildman–Crippen LogP) is 2.55. The van der Waals surface area contributed by atoms with Crippen LogP contribution in [0.15, 0.2) is 24.3 Å². The molecule has 0 unspecified atom stereocenters. The van der Waals surface area contributed by atoms with Gasteiger partial charge in [0.15, 0.2) is 0 Å². The van der Waals surface area contributed by atoms with Gasteiger partial charge in [-0.1, -0.05) is 18.2 Å². The van der Waals surface area contributed by atoms with Gasteiger partial charge in [0.1, 0.15) is 0 Å². The Labute approximate surface area is 123 Å². The van der Waals surface area contributed by atoms with Gasteiger partial charge in [0.25, 0.3) is 5.91 Å². The summed E-state index contributed by atoms with van der Waals surface area (Å²) < 4.78 is 4.84. The van der Waals surface area contributed by atoms with Crippen molar-refractivity contribution in [3.05, 3.63) is 35.5 Å². The number of H-pyrrole nitrogens is 1.